The highest BCUT2D eigenvalue weighted by molar-refractivity contribution is 5.77. The van der Waals surface area contributed by atoms with Gasteiger partial charge in [0, 0.05) is 44.6 Å². The molecule has 0 saturated carbocycles. The Morgan fingerprint density at radius 2 is 2.05 bits per heavy atom. The van der Waals surface area contributed by atoms with E-state index >= 15 is 0 Å². The molecule has 0 radical (unpaired) electrons. The number of rotatable bonds is 13. The van der Waals surface area contributed by atoms with Gasteiger partial charge in [0.1, 0.15) is 17.6 Å². The lowest BCUT2D eigenvalue weighted by Gasteiger charge is -2.29. The lowest BCUT2D eigenvalue weighted by atomic mass is 9.93. The molecule has 8 nitrogen and oxygen atoms in total. The van der Waals surface area contributed by atoms with Gasteiger partial charge in [0.05, 0.1) is 18.8 Å². The number of carbonyl (C=O) groups is 1. The van der Waals surface area contributed by atoms with Crippen LogP contribution < -0.4 is 10.1 Å². The molecular formula is C30H43N3O5. The lowest BCUT2D eigenvalue weighted by molar-refractivity contribution is -0.143. The van der Waals surface area contributed by atoms with E-state index in [9.17, 15) is 9.90 Å². The molecule has 8 heteroatoms. The maximum atomic E-state index is 12.4. The van der Waals surface area contributed by atoms with Gasteiger partial charge < -0.3 is 24.6 Å². The number of benzene rings is 1. The molecule has 0 spiro atoms. The first kappa shape index (κ1) is 28.3. The van der Waals surface area contributed by atoms with E-state index in [-0.39, 0.29) is 6.10 Å². The van der Waals surface area contributed by atoms with E-state index in [0.717, 1.165) is 62.1 Å². The van der Waals surface area contributed by atoms with E-state index in [4.69, 9.17) is 19.2 Å². The molecular weight excluding hydrogens is 482 g/mol. The molecule has 0 amide bonds. The standard InChI is InChI=1S/C30H43N3O5/c1-30(2,37-4)22-12-14-26(36-3)25(19-22)27(29(34)35)33-17-15-24(20-33)38-18-7-5-6-10-23-13-11-21-9-8-16-31-28(21)32-23/h11-14,19,24,27H,5-10,15-18,20H2,1-4H3,(H,31,32)(H,34,35)/t24-,27+/m1/s1. The van der Waals surface area contributed by atoms with Crippen molar-refractivity contribution in [2.75, 3.05) is 45.8 Å². The third-order valence-electron chi connectivity index (χ3n) is 7.89. The second-order valence-electron chi connectivity index (χ2n) is 10.8. The van der Waals surface area contributed by atoms with Gasteiger partial charge in [-0.15, -0.1) is 0 Å². The Bertz CT molecular complexity index is 1090. The van der Waals surface area contributed by atoms with Gasteiger partial charge >= 0.3 is 5.97 Å². The summed E-state index contributed by atoms with van der Waals surface area (Å²) in [6, 6.07) is 9.25. The van der Waals surface area contributed by atoms with Crippen LogP contribution in [0.25, 0.3) is 0 Å². The van der Waals surface area contributed by atoms with Crippen LogP contribution in [0.4, 0.5) is 5.82 Å². The highest BCUT2D eigenvalue weighted by atomic mass is 16.5. The zero-order valence-electron chi connectivity index (χ0n) is 23.3. The van der Waals surface area contributed by atoms with E-state index in [1.807, 2.05) is 36.9 Å². The van der Waals surface area contributed by atoms with E-state index < -0.39 is 17.6 Å². The average Bonchev–Trinajstić information content (AvgIpc) is 3.38. The second-order valence-corrected chi connectivity index (χ2v) is 10.8. The number of carboxylic acid groups (broad SMARTS) is 1. The summed E-state index contributed by atoms with van der Waals surface area (Å²) in [6.07, 6.45) is 7.29. The number of nitrogens with zero attached hydrogens (tertiary/aromatic N) is 2. The fourth-order valence-electron chi connectivity index (χ4n) is 5.39. The summed E-state index contributed by atoms with van der Waals surface area (Å²) in [5.74, 6) is 0.748. The van der Waals surface area contributed by atoms with Crippen molar-refractivity contribution >= 4 is 11.8 Å². The molecule has 0 aliphatic carbocycles. The van der Waals surface area contributed by atoms with Gasteiger partial charge in [-0.25, -0.2) is 4.98 Å². The number of carboxylic acids is 1. The van der Waals surface area contributed by atoms with Gasteiger partial charge in [-0.3, -0.25) is 9.69 Å². The van der Waals surface area contributed by atoms with Crippen molar-refractivity contribution in [2.24, 2.45) is 0 Å². The second kappa shape index (κ2) is 12.9. The minimum absolute atomic E-state index is 0.0369. The van der Waals surface area contributed by atoms with Crippen molar-refractivity contribution in [1.29, 1.82) is 0 Å². The molecule has 38 heavy (non-hydrogen) atoms. The Hall–Kier alpha value is -2.68. The third kappa shape index (κ3) is 6.84. The first-order chi connectivity index (χ1) is 18.3. The zero-order valence-corrected chi connectivity index (χ0v) is 23.3. The number of fused-ring (bicyclic) bond motifs is 1. The summed E-state index contributed by atoms with van der Waals surface area (Å²) >= 11 is 0. The lowest BCUT2D eigenvalue weighted by Crippen LogP contribution is -2.34. The van der Waals surface area contributed by atoms with Crippen molar-refractivity contribution in [3.63, 3.8) is 0 Å². The van der Waals surface area contributed by atoms with Crippen LogP contribution >= 0.6 is 0 Å². The molecule has 3 heterocycles. The van der Waals surface area contributed by atoms with Crippen molar-refractivity contribution in [3.05, 3.63) is 52.7 Å². The van der Waals surface area contributed by atoms with Gasteiger partial charge in [0.2, 0.25) is 0 Å². The van der Waals surface area contributed by atoms with Crippen LogP contribution in [-0.2, 0) is 32.7 Å². The topological polar surface area (TPSA) is 93.2 Å². The summed E-state index contributed by atoms with van der Waals surface area (Å²) in [4.78, 5) is 19.2. The van der Waals surface area contributed by atoms with Crippen LogP contribution in [0.1, 0.15) is 74.4 Å². The molecule has 208 valence electrons. The summed E-state index contributed by atoms with van der Waals surface area (Å²) in [5.41, 5.74) is 3.51. The Balaban J connectivity index is 1.26. The molecule has 4 rings (SSSR count). The Labute approximate surface area is 226 Å². The average molecular weight is 526 g/mol. The van der Waals surface area contributed by atoms with Gasteiger partial charge in [-0.1, -0.05) is 18.6 Å². The number of hydrogen-bond acceptors (Lipinski definition) is 7. The van der Waals surface area contributed by atoms with Crippen LogP contribution in [0.5, 0.6) is 5.75 Å². The van der Waals surface area contributed by atoms with Crippen LogP contribution in [0.15, 0.2) is 30.3 Å². The highest BCUT2D eigenvalue weighted by Gasteiger charge is 2.36. The quantitative estimate of drug-likeness (QED) is 0.355. The fourth-order valence-corrected chi connectivity index (χ4v) is 5.39. The zero-order chi connectivity index (χ0) is 27.1. The maximum absolute atomic E-state index is 12.4. The number of aliphatic carboxylic acids is 1. The summed E-state index contributed by atoms with van der Waals surface area (Å²) in [5, 5.41) is 13.6. The smallest absolute Gasteiger partial charge is 0.325 e. The van der Waals surface area contributed by atoms with Crippen LogP contribution in [-0.4, -0.2) is 67.5 Å². The SMILES string of the molecule is COc1ccc(C(C)(C)OC)cc1[C@@H](C(=O)O)N1CC[C@@H](OCCCCCc2ccc3c(n2)NCCC3)C1. The summed E-state index contributed by atoms with van der Waals surface area (Å²) < 4.78 is 17.3. The fraction of sp³-hybridized carbons (Fsp3) is 0.600. The molecule has 2 atom stereocenters. The predicted octanol–water partition coefficient (Wildman–Crippen LogP) is 4.96. The van der Waals surface area contributed by atoms with Crippen LogP contribution in [0, 0.1) is 0 Å². The number of hydrogen-bond donors (Lipinski definition) is 2. The normalized spacial score (nSPS) is 18.6. The Morgan fingerprint density at radius 3 is 2.82 bits per heavy atom. The van der Waals surface area contributed by atoms with E-state index in [2.05, 4.69) is 17.4 Å². The molecule has 1 aromatic heterocycles. The first-order valence-electron chi connectivity index (χ1n) is 13.9. The Morgan fingerprint density at radius 1 is 1.21 bits per heavy atom. The molecule has 1 fully saturated rings. The molecule has 0 unspecified atom stereocenters. The number of anilines is 1. The van der Waals surface area contributed by atoms with Crippen molar-refractivity contribution in [1.82, 2.24) is 9.88 Å². The molecule has 0 bridgehead atoms. The predicted molar refractivity (Wildman–Crippen MR) is 148 cm³/mol. The van der Waals surface area contributed by atoms with E-state index in [0.29, 0.717) is 31.0 Å². The number of methoxy groups -OCH3 is 2. The van der Waals surface area contributed by atoms with E-state index in [1.54, 1.807) is 14.2 Å². The van der Waals surface area contributed by atoms with Crippen LogP contribution in [0.2, 0.25) is 0 Å². The number of aromatic nitrogens is 1. The molecule has 2 aromatic rings. The molecule has 2 aliphatic heterocycles. The van der Waals surface area contributed by atoms with Crippen molar-refractivity contribution in [3.8, 4) is 5.75 Å². The van der Waals surface area contributed by atoms with Crippen molar-refractivity contribution < 1.29 is 24.1 Å². The van der Waals surface area contributed by atoms with Gasteiger partial charge in [0.25, 0.3) is 0 Å². The molecule has 2 aliphatic rings. The third-order valence-corrected chi connectivity index (χ3v) is 7.89. The van der Waals surface area contributed by atoms with Gasteiger partial charge in [0.15, 0.2) is 0 Å². The summed E-state index contributed by atoms with van der Waals surface area (Å²) in [7, 11) is 3.23. The largest absolute Gasteiger partial charge is 0.496 e. The number of pyridine rings is 1. The number of likely N-dealkylation sites (tertiary alicyclic amines) is 1. The number of aryl methyl sites for hydroxylation is 2. The molecule has 1 aromatic carbocycles. The number of ether oxygens (including phenoxy) is 3. The minimum atomic E-state index is -0.887. The first-order valence-corrected chi connectivity index (χ1v) is 13.9. The molecule has 1 saturated heterocycles. The van der Waals surface area contributed by atoms with Gasteiger partial charge in [-0.05, 0) is 81.7 Å². The maximum Gasteiger partial charge on any atom is 0.325 e. The Kier molecular flexibility index (Phi) is 9.63. The van der Waals surface area contributed by atoms with Crippen molar-refractivity contribution in [2.45, 2.75) is 76.5 Å². The van der Waals surface area contributed by atoms with E-state index in [1.165, 1.54) is 12.0 Å². The minimum Gasteiger partial charge on any atom is -0.496 e. The van der Waals surface area contributed by atoms with Gasteiger partial charge in [-0.2, -0.15) is 0 Å². The van der Waals surface area contributed by atoms with Crippen LogP contribution in [0.3, 0.4) is 0 Å². The summed E-state index contributed by atoms with van der Waals surface area (Å²) in [6.45, 7) is 6.89. The highest BCUT2D eigenvalue weighted by Crippen LogP contribution is 2.36. The number of nitrogens with one attached hydrogen (secondary N) is 1. The number of unbranched alkanes of at least 4 members (excludes halogenated alkanes) is 2. The molecule has 2 N–H and O–H groups in total. The monoisotopic (exact) mass is 525 g/mol.